The van der Waals surface area contributed by atoms with Crippen LogP contribution in [-0.4, -0.2) is 17.6 Å². The van der Waals surface area contributed by atoms with Gasteiger partial charge in [0, 0.05) is 17.8 Å². The van der Waals surface area contributed by atoms with E-state index in [0.29, 0.717) is 12.2 Å². The van der Waals surface area contributed by atoms with Crippen molar-refractivity contribution in [1.29, 1.82) is 0 Å². The van der Waals surface area contributed by atoms with Crippen LogP contribution in [-0.2, 0) is 16.0 Å². The summed E-state index contributed by atoms with van der Waals surface area (Å²) in [5.41, 5.74) is 3.96. The van der Waals surface area contributed by atoms with Crippen molar-refractivity contribution in [3.05, 3.63) is 59.7 Å². The molecule has 1 heterocycles. The van der Waals surface area contributed by atoms with Crippen molar-refractivity contribution in [1.82, 2.24) is 0 Å². The molecule has 26 heavy (non-hydrogen) atoms. The van der Waals surface area contributed by atoms with Gasteiger partial charge in [-0.3, -0.25) is 14.5 Å². The Balaban J connectivity index is 1.90. The topological polar surface area (TPSA) is 49.4 Å². The molecule has 0 saturated carbocycles. The summed E-state index contributed by atoms with van der Waals surface area (Å²) < 4.78 is 0. The predicted octanol–water partition coefficient (Wildman–Crippen LogP) is 4.77. The van der Waals surface area contributed by atoms with Gasteiger partial charge in [0.25, 0.3) is 0 Å². The summed E-state index contributed by atoms with van der Waals surface area (Å²) in [4.78, 5) is 26.4. The Hall–Kier alpha value is -2.27. The van der Waals surface area contributed by atoms with E-state index in [1.54, 1.807) is 11.8 Å². The van der Waals surface area contributed by atoms with E-state index in [0.717, 1.165) is 29.8 Å². The summed E-state index contributed by atoms with van der Waals surface area (Å²) in [6.45, 7) is 4.09. The van der Waals surface area contributed by atoms with Gasteiger partial charge in [-0.15, -0.1) is 11.8 Å². The number of carbonyl (C=O) groups is 2. The molecule has 1 atom stereocenters. The number of rotatable bonds is 6. The second kappa shape index (κ2) is 8.41. The lowest BCUT2D eigenvalue weighted by Crippen LogP contribution is -2.28. The van der Waals surface area contributed by atoms with Crippen LogP contribution >= 0.6 is 11.8 Å². The van der Waals surface area contributed by atoms with Crippen molar-refractivity contribution < 1.29 is 9.59 Å². The van der Waals surface area contributed by atoms with Gasteiger partial charge in [0.15, 0.2) is 0 Å². The van der Waals surface area contributed by atoms with Crippen LogP contribution in [0.1, 0.15) is 43.2 Å². The molecule has 0 unspecified atom stereocenters. The molecule has 0 radical (unpaired) electrons. The van der Waals surface area contributed by atoms with E-state index < -0.39 is 0 Å². The number of hydrogen-bond donors (Lipinski definition) is 1. The molecule has 2 aromatic rings. The second-order valence-corrected chi connectivity index (χ2v) is 7.40. The number of hydrogen-bond acceptors (Lipinski definition) is 3. The lowest BCUT2D eigenvalue weighted by Gasteiger charge is -2.26. The molecule has 0 bridgehead atoms. The Morgan fingerprint density at radius 1 is 1.19 bits per heavy atom. The molecular weight excluding hydrogens is 344 g/mol. The van der Waals surface area contributed by atoms with E-state index in [2.05, 4.69) is 18.3 Å². The van der Waals surface area contributed by atoms with Crippen molar-refractivity contribution in [2.24, 2.45) is 0 Å². The quantitative estimate of drug-likeness (QED) is 0.799. The van der Waals surface area contributed by atoms with Crippen molar-refractivity contribution in [2.45, 2.75) is 38.5 Å². The summed E-state index contributed by atoms with van der Waals surface area (Å²) in [5.74, 6) is 0.615. The fraction of sp³-hybridized carbons (Fsp3) is 0.333. The maximum Gasteiger partial charge on any atom is 0.238 e. The van der Waals surface area contributed by atoms with Crippen LogP contribution in [0.3, 0.4) is 0 Å². The highest BCUT2D eigenvalue weighted by atomic mass is 32.2. The van der Waals surface area contributed by atoms with E-state index in [4.69, 9.17) is 0 Å². The smallest absolute Gasteiger partial charge is 0.238 e. The fourth-order valence-corrected chi connectivity index (χ4v) is 4.36. The first-order valence-corrected chi connectivity index (χ1v) is 10.1. The Kier molecular flexibility index (Phi) is 5.99. The van der Waals surface area contributed by atoms with Crippen LogP contribution in [0.5, 0.6) is 0 Å². The largest absolute Gasteiger partial charge is 0.326 e. The van der Waals surface area contributed by atoms with Gasteiger partial charge in [-0.25, -0.2) is 0 Å². The highest BCUT2D eigenvalue weighted by Crippen LogP contribution is 2.43. The molecule has 2 amide bonds. The number of nitrogens with zero attached hydrogens (tertiary/aromatic N) is 1. The molecule has 3 rings (SSSR count). The first-order chi connectivity index (χ1) is 12.6. The molecule has 1 aliphatic heterocycles. The number of para-hydroxylation sites is 1. The fourth-order valence-electron chi connectivity index (χ4n) is 3.20. The lowest BCUT2D eigenvalue weighted by atomic mass is 10.1. The first kappa shape index (κ1) is 18.5. The third kappa shape index (κ3) is 3.93. The zero-order chi connectivity index (χ0) is 18.5. The third-order valence-corrected chi connectivity index (χ3v) is 5.64. The minimum Gasteiger partial charge on any atom is -0.326 e. The van der Waals surface area contributed by atoms with Gasteiger partial charge in [0.1, 0.15) is 5.37 Å². The molecule has 2 aromatic carbocycles. The zero-order valence-corrected chi connectivity index (χ0v) is 16.0. The molecule has 4 nitrogen and oxygen atoms in total. The summed E-state index contributed by atoms with van der Waals surface area (Å²) in [6, 6.07) is 15.9. The van der Waals surface area contributed by atoms with E-state index in [-0.39, 0.29) is 17.2 Å². The minimum atomic E-state index is -0.0711. The van der Waals surface area contributed by atoms with Gasteiger partial charge in [-0.1, -0.05) is 44.2 Å². The van der Waals surface area contributed by atoms with Crippen molar-refractivity contribution >= 4 is 35.0 Å². The van der Waals surface area contributed by atoms with Crippen LogP contribution in [0.4, 0.5) is 11.4 Å². The maximum atomic E-state index is 12.6. The van der Waals surface area contributed by atoms with Gasteiger partial charge in [0.2, 0.25) is 11.8 Å². The Labute approximate surface area is 159 Å². The van der Waals surface area contributed by atoms with Crippen LogP contribution in [0.25, 0.3) is 0 Å². The van der Waals surface area contributed by atoms with Crippen LogP contribution in [0, 0.1) is 0 Å². The summed E-state index contributed by atoms with van der Waals surface area (Å²) in [7, 11) is 0. The van der Waals surface area contributed by atoms with E-state index in [1.165, 1.54) is 5.56 Å². The third-order valence-electron chi connectivity index (χ3n) is 4.43. The van der Waals surface area contributed by atoms with Crippen LogP contribution in [0.15, 0.2) is 48.5 Å². The van der Waals surface area contributed by atoms with E-state index in [1.807, 2.05) is 54.3 Å². The standard InChI is InChI=1S/C21H24N2O2S/c1-3-8-19(24)22-17-11-7-10-16(13-17)21-23(20(25)14-26-21)18-12-6-5-9-15(18)4-2/h5-7,9-13,21H,3-4,8,14H2,1-2H3,(H,22,24)/t21-/m0/s1. The zero-order valence-electron chi connectivity index (χ0n) is 15.2. The molecule has 136 valence electrons. The Morgan fingerprint density at radius 3 is 2.77 bits per heavy atom. The Bertz CT molecular complexity index is 806. The minimum absolute atomic E-state index is 0.0213. The van der Waals surface area contributed by atoms with E-state index >= 15 is 0 Å². The highest BCUT2D eigenvalue weighted by Gasteiger charge is 2.35. The predicted molar refractivity (Wildman–Crippen MR) is 108 cm³/mol. The number of carbonyl (C=O) groups excluding carboxylic acids is 2. The Morgan fingerprint density at radius 2 is 2.00 bits per heavy atom. The number of amides is 2. The average molecular weight is 369 g/mol. The monoisotopic (exact) mass is 368 g/mol. The van der Waals surface area contributed by atoms with Crippen LogP contribution < -0.4 is 10.2 Å². The normalized spacial score (nSPS) is 16.8. The number of benzene rings is 2. The molecule has 5 heteroatoms. The van der Waals surface area contributed by atoms with Crippen LogP contribution in [0.2, 0.25) is 0 Å². The van der Waals surface area contributed by atoms with E-state index in [9.17, 15) is 9.59 Å². The maximum absolute atomic E-state index is 12.6. The molecule has 0 aliphatic carbocycles. The molecule has 1 fully saturated rings. The summed E-state index contributed by atoms with van der Waals surface area (Å²) in [6.07, 6.45) is 2.21. The highest BCUT2D eigenvalue weighted by molar-refractivity contribution is 8.00. The molecular formula is C21H24N2O2S. The molecule has 0 aromatic heterocycles. The summed E-state index contributed by atoms with van der Waals surface area (Å²) in [5, 5.41) is 2.87. The van der Waals surface area contributed by atoms with Crippen molar-refractivity contribution in [3.63, 3.8) is 0 Å². The van der Waals surface area contributed by atoms with Crippen molar-refractivity contribution in [2.75, 3.05) is 16.0 Å². The van der Waals surface area contributed by atoms with Gasteiger partial charge < -0.3 is 5.32 Å². The second-order valence-electron chi connectivity index (χ2n) is 6.33. The van der Waals surface area contributed by atoms with Gasteiger partial charge in [-0.05, 0) is 42.2 Å². The van der Waals surface area contributed by atoms with Crippen molar-refractivity contribution in [3.8, 4) is 0 Å². The SMILES string of the molecule is CCCC(=O)Nc1cccc([C@@H]2SCC(=O)N2c2ccccc2CC)c1. The molecule has 1 saturated heterocycles. The first-order valence-electron chi connectivity index (χ1n) is 9.05. The molecule has 0 spiro atoms. The lowest BCUT2D eigenvalue weighted by molar-refractivity contribution is -0.116. The number of anilines is 2. The number of thioether (sulfide) groups is 1. The van der Waals surface area contributed by atoms with Gasteiger partial charge in [-0.2, -0.15) is 0 Å². The van der Waals surface area contributed by atoms with Gasteiger partial charge >= 0.3 is 0 Å². The average Bonchev–Trinajstić information content (AvgIpc) is 3.03. The number of aryl methyl sites for hydroxylation is 1. The van der Waals surface area contributed by atoms with Gasteiger partial charge in [0.05, 0.1) is 5.75 Å². The summed E-state index contributed by atoms with van der Waals surface area (Å²) >= 11 is 1.63. The number of nitrogens with one attached hydrogen (secondary N) is 1. The molecule has 1 aliphatic rings. The molecule has 1 N–H and O–H groups in total.